The third-order valence-corrected chi connectivity index (χ3v) is 2.84. The molecule has 1 aliphatic heterocycles. The maximum Gasteiger partial charge on any atom is 0.155 e. The third kappa shape index (κ3) is 1.87. The summed E-state index contributed by atoms with van der Waals surface area (Å²) >= 11 is 0. The summed E-state index contributed by atoms with van der Waals surface area (Å²) in [4.78, 5) is 14.5. The van der Waals surface area contributed by atoms with E-state index >= 15 is 0 Å². The lowest BCUT2D eigenvalue weighted by molar-refractivity contribution is 0.122. The lowest BCUT2D eigenvalue weighted by Gasteiger charge is -2.27. The molecule has 87 valence electrons. The van der Waals surface area contributed by atoms with Gasteiger partial charge in [0.15, 0.2) is 5.82 Å². The zero-order valence-corrected chi connectivity index (χ0v) is 9.26. The highest BCUT2D eigenvalue weighted by Crippen LogP contribution is 2.22. The number of morpholine rings is 1. The molecule has 6 heteroatoms. The van der Waals surface area contributed by atoms with Gasteiger partial charge in [-0.25, -0.2) is 15.0 Å². The monoisotopic (exact) mass is 230 g/mol. The molecule has 0 saturated carbocycles. The second kappa shape index (κ2) is 4.14. The van der Waals surface area contributed by atoms with Crippen LogP contribution in [0.1, 0.15) is 0 Å². The minimum Gasteiger partial charge on any atom is -0.378 e. The third-order valence-electron chi connectivity index (χ3n) is 2.84. The van der Waals surface area contributed by atoms with E-state index < -0.39 is 0 Å². The molecule has 1 saturated heterocycles. The largest absolute Gasteiger partial charge is 0.378 e. The van der Waals surface area contributed by atoms with Gasteiger partial charge in [-0.1, -0.05) is 0 Å². The summed E-state index contributed by atoms with van der Waals surface area (Å²) in [7, 11) is 0. The molecule has 1 N–H and O–H groups in total. The molecule has 1 fully saturated rings. The number of anilines is 1. The Morgan fingerprint density at radius 3 is 2.82 bits per heavy atom. The van der Waals surface area contributed by atoms with Gasteiger partial charge in [0.05, 0.1) is 24.9 Å². The Bertz CT molecular complexity index is 538. The number of pyridine rings is 1. The second-order valence-corrected chi connectivity index (χ2v) is 3.88. The molecular formula is C11H12N5O. The predicted octanol–water partition coefficient (Wildman–Crippen LogP) is 0.776. The standard InChI is InChI=1S/C11H12N5O/c12-11-8-5-10(16-1-3-17-4-2-16)13-6-9(8)14-7-15-11/h5-7,12H,1-4H2. The topological polar surface area (TPSA) is 74.9 Å². The molecule has 6 nitrogen and oxygen atoms in total. The van der Waals surface area contributed by atoms with E-state index in [9.17, 15) is 0 Å². The van der Waals surface area contributed by atoms with Crippen LogP contribution < -0.4 is 10.6 Å². The minimum absolute atomic E-state index is 0.243. The summed E-state index contributed by atoms with van der Waals surface area (Å²) in [5.74, 6) is 1.11. The maximum absolute atomic E-state index is 7.75. The van der Waals surface area contributed by atoms with Crippen molar-refractivity contribution in [1.82, 2.24) is 20.7 Å². The SMILES string of the molecule is [NH]c1ncnc2cnc(N3CCOCC3)cc12. The van der Waals surface area contributed by atoms with Crippen LogP contribution in [0.5, 0.6) is 0 Å². The molecule has 3 heterocycles. The maximum atomic E-state index is 7.75. The predicted molar refractivity (Wildman–Crippen MR) is 63.1 cm³/mol. The Kier molecular flexibility index (Phi) is 2.49. The van der Waals surface area contributed by atoms with Crippen molar-refractivity contribution in [2.75, 3.05) is 31.2 Å². The molecule has 0 bridgehead atoms. The number of ether oxygens (including phenoxy) is 1. The summed E-state index contributed by atoms with van der Waals surface area (Å²) in [5, 5.41) is 0.740. The van der Waals surface area contributed by atoms with Crippen LogP contribution in [0.15, 0.2) is 18.6 Å². The fraction of sp³-hybridized carbons (Fsp3) is 0.364. The van der Waals surface area contributed by atoms with Gasteiger partial charge in [-0.05, 0) is 6.07 Å². The summed E-state index contributed by atoms with van der Waals surface area (Å²) in [6.45, 7) is 3.11. The lowest BCUT2D eigenvalue weighted by Crippen LogP contribution is -2.36. The minimum atomic E-state index is 0.243. The zero-order valence-electron chi connectivity index (χ0n) is 9.26. The van der Waals surface area contributed by atoms with Gasteiger partial charge in [0.1, 0.15) is 12.1 Å². The molecule has 0 aromatic carbocycles. The molecule has 0 amide bonds. The van der Waals surface area contributed by atoms with Crippen molar-refractivity contribution in [1.29, 1.82) is 0 Å². The zero-order chi connectivity index (χ0) is 11.7. The van der Waals surface area contributed by atoms with Crippen molar-refractivity contribution < 1.29 is 4.74 Å². The quantitative estimate of drug-likeness (QED) is 0.723. The summed E-state index contributed by atoms with van der Waals surface area (Å²) in [6, 6.07) is 1.88. The van der Waals surface area contributed by atoms with Crippen LogP contribution in [0.4, 0.5) is 11.6 Å². The van der Waals surface area contributed by atoms with E-state index in [-0.39, 0.29) is 5.82 Å². The number of rotatable bonds is 1. The fourth-order valence-electron chi connectivity index (χ4n) is 1.91. The van der Waals surface area contributed by atoms with Crippen molar-refractivity contribution in [3.05, 3.63) is 18.6 Å². The molecule has 17 heavy (non-hydrogen) atoms. The van der Waals surface area contributed by atoms with Gasteiger partial charge in [0.2, 0.25) is 0 Å². The molecule has 1 aliphatic rings. The first kappa shape index (κ1) is 10.2. The van der Waals surface area contributed by atoms with E-state index in [0.29, 0.717) is 5.52 Å². The molecule has 0 unspecified atom stereocenters. The average Bonchev–Trinajstić information content (AvgIpc) is 2.40. The summed E-state index contributed by atoms with van der Waals surface area (Å²) in [5.41, 5.74) is 8.46. The Labute approximate surface area is 98.4 Å². The van der Waals surface area contributed by atoms with Gasteiger partial charge >= 0.3 is 0 Å². The van der Waals surface area contributed by atoms with E-state index in [2.05, 4.69) is 19.9 Å². The van der Waals surface area contributed by atoms with Crippen LogP contribution in [0.25, 0.3) is 10.9 Å². The van der Waals surface area contributed by atoms with Crippen LogP contribution in [0.2, 0.25) is 0 Å². The van der Waals surface area contributed by atoms with Crippen molar-refractivity contribution in [3.8, 4) is 0 Å². The number of aromatic nitrogens is 3. The smallest absolute Gasteiger partial charge is 0.155 e. The van der Waals surface area contributed by atoms with Crippen molar-refractivity contribution >= 4 is 22.5 Å². The van der Waals surface area contributed by atoms with Crippen LogP contribution in [0, 0.1) is 0 Å². The van der Waals surface area contributed by atoms with E-state index in [4.69, 9.17) is 10.5 Å². The number of hydrogen-bond donors (Lipinski definition) is 0. The van der Waals surface area contributed by atoms with Crippen molar-refractivity contribution in [2.24, 2.45) is 0 Å². The lowest BCUT2D eigenvalue weighted by atomic mass is 10.2. The molecular weight excluding hydrogens is 218 g/mol. The summed E-state index contributed by atoms with van der Waals surface area (Å²) < 4.78 is 5.30. The number of nitrogens with one attached hydrogen (secondary N) is 1. The van der Waals surface area contributed by atoms with E-state index in [0.717, 1.165) is 37.5 Å². The summed E-state index contributed by atoms with van der Waals surface area (Å²) in [6.07, 6.45) is 3.08. The molecule has 2 aromatic heterocycles. The van der Waals surface area contributed by atoms with Crippen LogP contribution in [-0.2, 0) is 4.74 Å². The Morgan fingerprint density at radius 2 is 2.00 bits per heavy atom. The van der Waals surface area contributed by atoms with Gasteiger partial charge in [-0.2, -0.15) is 0 Å². The highest BCUT2D eigenvalue weighted by atomic mass is 16.5. The van der Waals surface area contributed by atoms with Gasteiger partial charge < -0.3 is 9.64 Å². The first-order valence-electron chi connectivity index (χ1n) is 5.49. The Hall–Kier alpha value is -1.95. The van der Waals surface area contributed by atoms with E-state index in [1.165, 1.54) is 6.33 Å². The normalized spacial score (nSPS) is 16.4. The first-order chi connectivity index (χ1) is 8.34. The highest BCUT2D eigenvalue weighted by molar-refractivity contribution is 5.88. The number of hydrogen-bond acceptors (Lipinski definition) is 5. The van der Waals surface area contributed by atoms with Gasteiger partial charge in [0, 0.05) is 18.5 Å². The van der Waals surface area contributed by atoms with Gasteiger partial charge in [0.25, 0.3) is 0 Å². The Balaban J connectivity index is 2.03. The van der Waals surface area contributed by atoms with E-state index in [1.807, 2.05) is 6.07 Å². The Morgan fingerprint density at radius 1 is 1.18 bits per heavy atom. The van der Waals surface area contributed by atoms with Gasteiger partial charge in [-0.15, -0.1) is 0 Å². The van der Waals surface area contributed by atoms with Crippen molar-refractivity contribution in [2.45, 2.75) is 0 Å². The number of fused-ring (bicyclic) bond motifs is 1. The van der Waals surface area contributed by atoms with E-state index in [1.54, 1.807) is 6.20 Å². The molecule has 1 radical (unpaired) electrons. The number of nitrogens with zero attached hydrogens (tertiary/aromatic N) is 4. The average molecular weight is 230 g/mol. The molecule has 2 aromatic rings. The fourth-order valence-corrected chi connectivity index (χ4v) is 1.91. The van der Waals surface area contributed by atoms with Gasteiger partial charge in [-0.3, -0.25) is 5.73 Å². The molecule has 0 spiro atoms. The van der Waals surface area contributed by atoms with Crippen LogP contribution in [0.3, 0.4) is 0 Å². The molecule has 0 atom stereocenters. The highest BCUT2D eigenvalue weighted by Gasteiger charge is 2.13. The second-order valence-electron chi connectivity index (χ2n) is 3.88. The first-order valence-corrected chi connectivity index (χ1v) is 5.49. The van der Waals surface area contributed by atoms with Crippen molar-refractivity contribution in [3.63, 3.8) is 0 Å². The van der Waals surface area contributed by atoms with Crippen LogP contribution in [-0.4, -0.2) is 41.3 Å². The molecule has 0 aliphatic carbocycles. The molecule has 3 rings (SSSR count). The van der Waals surface area contributed by atoms with Crippen LogP contribution >= 0.6 is 0 Å².